The van der Waals surface area contributed by atoms with Gasteiger partial charge in [0.25, 0.3) is 5.92 Å². The topological polar surface area (TPSA) is 42.4 Å². The highest BCUT2D eigenvalue weighted by Gasteiger charge is 2.44. The van der Waals surface area contributed by atoms with E-state index in [9.17, 15) is 13.9 Å². The SMILES string of the molecule is Cc1c(C(O)c2ccc(C(C)(F)F)cc2)c(C(C)C)nc2c1[C@@H](O[Si](C)(C)C(C)(C)C)CC(C)(C)C2. The van der Waals surface area contributed by atoms with E-state index in [1.807, 2.05) is 0 Å². The first kappa shape index (κ1) is 28.9. The van der Waals surface area contributed by atoms with Crippen LogP contribution in [0.25, 0.3) is 0 Å². The maximum atomic E-state index is 13.8. The van der Waals surface area contributed by atoms with Crippen LogP contribution in [-0.2, 0) is 16.8 Å². The van der Waals surface area contributed by atoms with Gasteiger partial charge in [0.2, 0.25) is 0 Å². The van der Waals surface area contributed by atoms with Crippen LogP contribution in [0.2, 0.25) is 18.1 Å². The van der Waals surface area contributed by atoms with Gasteiger partial charge in [-0.2, -0.15) is 0 Å². The molecule has 36 heavy (non-hydrogen) atoms. The Morgan fingerprint density at radius 3 is 2.11 bits per heavy atom. The number of hydrogen-bond donors (Lipinski definition) is 1. The molecule has 2 aromatic rings. The van der Waals surface area contributed by atoms with Crippen LogP contribution >= 0.6 is 0 Å². The van der Waals surface area contributed by atoms with Crippen molar-refractivity contribution in [2.45, 2.75) is 117 Å². The summed E-state index contributed by atoms with van der Waals surface area (Å²) in [5.41, 5.74) is 5.41. The third kappa shape index (κ3) is 5.76. The van der Waals surface area contributed by atoms with Crippen LogP contribution in [-0.4, -0.2) is 18.4 Å². The van der Waals surface area contributed by atoms with Crippen molar-refractivity contribution in [3.63, 3.8) is 0 Å². The maximum absolute atomic E-state index is 13.8. The van der Waals surface area contributed by atoms with Crippen LogP contribution in [0.15, 0.2) is 24.3 Å². The first-order valence-corrected chi connectivity index (χ1v) is 16.0. The Bertz CT molecular complexity index is 1100. The van der Waals surface area contributed by atoms with Crippen LogP contribution in [0.1, 0.15) is 119 Å². The summed E-state index contributed by atoms with van der Waals surface area (Å²) in [4.78, 5) is 5.17. The van der Waals surface area contributed by atoms with Gasteiger partial charge in [-0.05, 0) is 60.4 Å². The summed E-state index contributed by atoms with van der Waals surface area (Å²) in [6, 6.07) is 6.02. The molecule has 0 saturated heterocycles. The Morgan fingerprint density at radius 1 is 1.08 bits per heavy atom. The summed E-state index contributed by atoms with van der Waals surface area (Å²) < 4.78 is 34.6. The molecule has 0 fully saturated rings. The van der Waals surface area contributed by atoms with E-state index >= 15 is 0 Å². The summed E-state index contributed by atoms with van der Waals surface area (Å²) >= 11 is 0. The Labute approximate surface area is 217 Å². The molecule has 2 atom stereocenters. The lowest BCUT2D eigenvalue weighted by Crippen LogP contribution is -2.44. The second-order valence-corrected chi connectivity index (χ2v) is 18.1. The highest BCUT2D eigenvalue weighted by atomic mass is 28.4. The van der Waals surface area contributed by atoms with E-state index in [0.717, 1.165) is 47.8 Å². The Balaban J connectivity index is 2.18. The van der Waals surface area contributed by atoms with Gasteiger partial charge >= 0.3 is 0 Å². The Morgan fingerprint density at radius 2 is 1.64 bits per heavy atom. The van der Waals surface area contributed by atoms with Gasteiger partial charge in [0, 0.05) is 35.0 Å². The van der Waals surface area contributed by atoms with Gasteiger partial charge in [-0.1, -0.05) is 72.7 Å². The fraction of sp³-hybridized carbons (Fsp3) is 0.633. The minimum atomic E-state index is -2.92. The Kier molecular flexibility index (Phi) is 7.71. The molecule has 1 aromatic heterocycles. The third-order valence-corrected chi connectivity index (χ3v) is 12.6. The molecule has 0 radical (unpaired) electrons. The smallest absolute Gasteiger partial charge is 0.270 e. The molecule has 1 unspecified atom stereocenters. The first-order chi connectivity index (χ1) is 16.2. The number of pyridine rings is 1. The molecule has 1 aromatic carbocycles. The van der Waals surface area contributed by atoms with Crippen molar-refractivity contribution < 1.29 is 18.3 Å². The molecule has 0 saturated carbocycles. The lowest BCUT2D eigenvalue weighted by atomic mass is 9.72. The van der Waals surface area contributed by atoms with Gasteiger partial charge in [-0.3, -0.25) is 4.98 Å². The number of rotatable bonds is 6. The van der Waals surface area contributed by atoms with Crippen LogP contribution in [0.4, 0.5) is 8.78 Å². The summed E-state index contributed by atoms with van der Waals surface area (Å²) in [7, 11) is -2.08. The number of fused-ring (bicyclic) bond motifs is 1. The molecular weight excluding hydrogens is 472 g/mol. The van der Waals surface area contributed by atoms with Crippen LogP contribution in [0.5, 0.6) is 0 Å². The average molecular weight is 518 g/mol. The third-order valence-electron chi connectivity index (χ3n) is 8.15. The quantitative estimate of drug-likeness (QED) is 0.390. The van der Waals surface area contributed by atoms with Gasteiger partial charge in [0.1, 0.15) is 6.10 Å². The second-order valence-electron chi connectivity index (χ2n) is 13.4. The lowest BCUT2D eigenvalue weighted by Gasteiger charge is -2.45. The van der Waals surface area contributed by atoms with Crippen LogP contribution in [0.3, 0.4) is 0 Å². The van der Waals surface area contributed by atoms with Crippen molar-refractivity contribution in [3.8, 4) is 0 Å². The number of halogens is 2. The molecular formula is C30H45F2NO2Si. The average Bonchev–Trinajstić information content (AvgIpc) is 2.70. The molecule has 200 valence electrons. The van der Waals surface area contributed by atoms with E-state index < -0.39 is 20.3 Å². The summed E-state index contributed by atoms with van der Waals surface area (Å²) in [5, 5.41) is 11.7. The van der Waals surface area contributed by atoms with Crippen molar-refractivity contribution >= 4 is 8.32 Å². The molecule has 0 aliphatic heterocycles. The summed E-state index contributed by atoms with van der Waals surface area (Å²) in [6.07, 6.45) is 0.705. The molecule has 6 heteroatoms. The zero-order chi connectivity index (χ0) is 27.4. The van der Waals surface area contributed by atoms with Gasteiger partial charge < -0.3 is 9.53 Å². The molecule has 1 aliphatic carbocycles. The van der Waals surface area contributed by atoms with E-state index in [1.54, 1.807) is 12.1 Å². The van der Waals surface area contributed by atoms with Gasteiger partial charge in [-0.15, -0.1) is 0 Å². The second kappa shape index (κ2) is 9.59. The molecule has 1 N–H and O–H groups in total. The van der Waals surface area contributed by atoms with E-state index in [0.29, 0.717) is 5.56 Å². The predicted molar refractivity (Wildman–Crippen MR) is 146 cm³/mol. The number of aliphatic hydroxyl groups is 1. The van der Waals surface area contributed by atoms with Crippen molar-refractivity contribution in [1.29, 1.82) is 0 Å². The molecule has 1 heterocycles. The van der Waals surface area contributed by atoms with E-state index in [1.165, 1.54) is 12.1 Å². The largest absolute Gasteiger partial charge is 0.410 e. The molecule has 0 amide bonds. The van der Waals surface area contributed by atoms with Crippen LogP contribution in [0, 0.1) is 12.3 Å². The number of benzene rings is 1. The summed E-state index contributed by atoms with van der Waals surface area (Å²) in [5.74, 6) is -2.82. The monoisotopic (exact) mass is 517 g/mol. The predicted octanol–water partition coefficient (Wildman–Crippen LogP) is 8.74. The molecule has 0 bridgehead atoms. The number of aromatic nitrogens is 1. The summed E-state index contributed by atoms with van der Waals surface area (Å²) in [6.45, 7) is 23.0. The number of hydrogen-bond acceptors (Lipinski definition) is 3. The van der Waals surface area contributed by atoms with Crippen LogP contribution < -0.4 is 0 Å². The Hall–Kier alpha value is -1.63. The zero-order valence-electron chi connectivity index (χ0n) is 24.0. The van der Waals surface area contributed by atoms with Gasteiger partial charge in [-0.25, -0.2) is 8.78 Å². The zero-order valence-corrected chi connectivity index (χ0v) is 25.0. The van der Waals surface area contributed by atoms with E-state index in [-0.39, 0.29) is 28.0 Å². The first-order valence-electron chi connectivity index (χ1n) is 13.1. The van der Waals surface area contributed by atoms with E-state index in [2.05, 4.69) is 68.5 Å². The molecule has 3 rings (SSSR count). The fourth-order valence-corrected chi connectivity index (χ4v) is 6.32. The number of nitrogens with zero attached hydrogens (tertiary/aromatic N) is 1. The van der Waals surface area contributed by atoms with Gasteiger partial charge in [0.05, 0.1) is 6.10 Å². The van der Waals surface area contributed by atoms with Crippen molar-refractivity contribution in [2.75, 3.05) is 0 Å². The van der Waals surface area contributed by atoms with Crippen molar-refractivity contribution in [3.05, 3.63) is 63.5 Å². The molecule has 1 aliphatic rings. The van der Waals surface area contributed by atoms with Gasteiger partial charge in [0.15, 0.2) is 8.32 Å². The standard InChI is InChI=1S/C30H45F2NO2Si/c1-18(2)26-25(27(34)20-12-14-21(15-13-20)30(9,31)32)19(3)24-22(33-26)16-29(7,8)17-23(24)35-36(10,11)28(4,5)6/h12-15,18,23,27,34H,16-17H2,1-11H3/t23-,27?/m0/s1. The number of aliphatic hydroxyl groups excluding tert-OH is 1. The lowest BCUT2D eigenvalue weighted by molar-refractivity contribution is 0.0174. The molecule has 0 spiro atoms. The normalized spacial score (nSPS) is 19.4. The highest BCUT2D eigenvalue weighted by molar-refractivity contribution is 6.74. The van der Waals surface area contributed by atoms with Crippen molar-refractivity contribution in [2.24, 2.45) is 5.41 Å². The highest BCUT2D eigenvalue weighted by Crippen LogP contribution is 2.49. The molecule has 3 nitrogen and oxygen atoms in total. The minimum absolute atomic E-state index is 0.0507. The van der Waals surface area contributed by atoms with E-state index in [4.69, 9.17) is 9.41 Å². The fourth-order valence-electron chi connectivity index (χ4n) is 5.05. The minimum Gasteiger partial charge on any atom is -0.410 e. The number of alkyl halides is 2. The maximum Gasteiger partial charge on any atom is 0.270 e. The van der Waals surface area contributed by atoms with Crippen molar-refractivity contribution in [1.82, 2.24) is 4.98 Å².